The highest BCUT2D eigenvalue weighted by atomic mass is 35.5. The van der Waals surface area contributed by atoms with E-state index in [0.717, 1.165) is 19.1 Å². The van der Waals surface area contributed by atoms with Crippen molar-refractivity contribution in [2.24, 2.45) is 0 Å². The number of rotatable bonds is 2. The predicted octanol–water partition coefficient (Wildman–Crippen LogP) is 2.59. The molecule has 1 aromatic rings. The molecule has 14 heavy (non-hydrogen) atoms. The highest BCUT2D eigenvalue weighted by Gasteiger charge is 2.20. The SMILES string of the molecule is CC(=O)c1ccc([N+](=O)[O-])c(Cl)c1F. The molecule has 0 N–H and O–H groups in total. The fraction of sp³-hybridized carbons (Fsp3) is 0.125. The molecule has 74 valence electrons. The van der Waals surface area contributed by atoms with Gasteiger partial charge in [-0.2, -0.15) is 0 Å². The molecule has 0 aliphatic rings. The molecule has 0 aliphatic heterocycles. The van der Waals surface area contributed by atoms with E-state index >= 15 is 0 Å². The maximum absolute atomic E-state index is 13.2. The number of carbonyl (C=O) groups excluding carboxylic acids is 1. The van der Waals surface area contributed by atoms with Gasteiger partial charge in [-0.25, -0.2) is 4.39 Å². The third-order valence-electron chi connectivity index (χ3n) is 1.64. The first-order chi connectivity index (χ1) is 6.45. The Morgan fingerprint density at radius 1 is 1.57 bits per heavy atom. The van der Waals surface area contributed by atoms with Crippen molar-refractivity contribution in [2.75, 3.05) is 0 Å². The van der Waals surface area contributed by atoms with Crippen LogP contribution in [0.15, 0.2) is 12.1 Å². The van der Waals surface area contributed by atoms with Crippen LogP contribution in [0.5, 0.6) is 0 Å². The molecule has 4 nitrogen and oxygen atoms in total. The number of nitrogens with zero attached hydrogens (tertiary/aromatic N) is 1. The van der Waals surface area contributed by atoms with Crippen molar-refractivity contribution in [2.45, 2.75) is 6.92 Å². The molecule has 6 heteroatoms. The van der Waals surface area contributed by atoms with E-state index < -0.39 is 27.2 Å². The molecule has 0 saturated heterocycles. The summed E-state index contributed by atoms with van der Waals surface area (Å²) in [5, 5.41) is 9.69. The van der Waals surface area contributed by atoms with Crippen LogP contribution in [-0.2, 0) is 0 Å². The number of hydrogen-bond acceptors (Lipinski definition) is 3. The zero-order valence-corrected chi connectivity index (χ0v) is 7.84. The average Bonchev–Trinajstić information content (AvgIpc) is 2.08. The number of halogens is 2. The number of nitro groups is 1. The molecule has 0 fully saturated rings. The number of hydrogen-bond donors (Lipinski definition) is 0. The van der Waals surface area contributed by atoms with Crippen LogP contribution in [0.3, 0.4) is 0 Å². The van der Waals surface area contributed by atoms with E-state index in [1.165, 1.54) is 0 Å². The molecule has 0 atom stereocenters. The number of carbonyl (C=O) groups is 1. The molecule has 0 radical (unpaired) electrons. The minimum absolute atomic E-state index is 0.249. The maximum Gasteiger partial charge on any atom is 0.290 e. The number of benzene rings is 1. The Morgan fingerprint density at radius 3 is 2.57 bits per heavy atom. The van der Waals surface area contributed by atoms with Gasteiger partial charge in [-0.1, -0.05) is 11.6 Å². The Kier molecular flexibility index (Phi) is 2.81. The van der Waals surface area contributed by atoms with Crippen LogP contribution in [0.25, 0.3) is 0 Å². The van der Waals surface area contributed by atoms with Gasteiger partial charge >= 0.3 is 0 Å². The lowest BCUT2D eigenvalue weighted by atomic mass is 10.1. The molecule has 1 rings (SSSR count). The normalized spacial score (nSPS) is 9.93. The van der Waals surface area contributed by atoms with Gasteiger partial charge in [0.2, 0.25) is 0 Å². The first-order valence-corrected chi connectivity index (χ1v) is 3.96. The van der Waals surface area contributed by atoms with Gasteiger partial charge < -0.3 is 0 Å². The van der Waals surface area contributed by atoms with E-state index in [9.17, 15) is 19.3 Å². The summed E-state index contributed by atoms with van der Waals surface area (Å²) in [7, 11) is 0. The Balaban J connectivity index is 3.41. The van der Waals surface area contributed by atoms with Gasteiger partial charge in [-0.3, -0.25) is 14.9 Å². The zero-order chi connectivity index (χ0) is 10.9. The van der Waals surface area contributed by atoms with Gasteiger partial charge in [0.15, 0.2) is 16.6 Å². The van der Waals surface area contributed by atoms with Crippen LogP contribution in [-0.4, -0.2) is 10.7 Å². The summed E-state index contributed by atoms with van der Waals surface area (Å²) < 4.78 is 13.2. The largest absolute Gasteiger partial charge is 0.294 e. The quantitative estimate of drug-likeness (QED) is 0.435. The zero-order valence-electron chi connectivity index (χ0n) is 7.08. The van der Waals surface area contributed by atoms with Crippen LogP contribution in [0.2, 0.25) is 5.02 Å². The summed E-state index contributed by atoms with van der Waals surface area (Å²) in [5.74, 6) is -1.58. The summed E-state index contributed by atoms with van der Waals surface area (Å²) in [6.07, 6.45) is 0. The third kappa shape index (κ3) is 1.72. The predicted molar refractivity (Wildman–Crippen MR) is 48.1 cm³/mol. The second-order valence-corrected chi connectivity index (χ2v) is 2.95. The summed E-state index contributed by atoms with van der Waals surface area (Å²) >= 11 is 5.37. The van der Waals surface area contributed by atoms with Gasteiger partial charge in [-0.15, -0.1) is 0 Å². The molecule has 0 unspecified atom stereocenters. The smallest absolute Gasteiger partial charge is 0.290 e. The first-order valence-electron chi connectivity index (χ1n) is 3.58. The third-order valence-corrected chi connectivity index (χ3v) is 2.00. The topological polar surface area (TPSA) is 60.2 Å². The molecule has 0 aromatic heterocycles. The first kappa shape index (κ1) is 10.6. The number of Topliss-reactive ketones (excluding diaryl/α,β-unsaturated/α-hetero) is 1. The molecule has 0 heterocycles. The van der Waals surface area contributed by atoms with Gasteiger partial charge in [0.1, 0.15) is 0 Å². The van der Waals surface area contributed by atoms with Gasteiger partial charge in [-0.05, 0) is 13.0 Å². The fourth-order valence-corrected chi connectivity index (χ4v) is 1.19. The van der Waals surface area contributed by atoms with E-state index in [-0.39, 0.29) is 5.56 Å². The molecular weight excluding hydrogens is 213 g/mol. The van der Waals surface area contributed by atoms with Gasteiger partial charge in [0.05, 0.1) is 10.5 Å². The Labute approximate surface area is 83.4 Å². The second-order valence-electron chi connectivity index (χ2n) is 2.57. The lowest BCUT2D eigenvalue weighted by molar-refractivity contribution is -0.384. The van der Waals surface area contributed by atoms with Crippen LogP contribution >= 0.6 is 11.6 Å². The molecular formula is C8H5ClFNO3. The van der Waals surface area contributed by atoms with Crippen molar-refractivity contribution < 1.29 is 14.1 Å². The van der Waals surface area contributed by atoms with Crippen molar-refractivity contribution in [1.29, 1.82) is 0 Å². The molecule has 0 aliphatic carbocycles. The lowest BCUT2D eigenvalue weighted by Crippen LogP contribution is -2.00. The van der Waals surface area contributed by atoms with Crippen LogP contribution in [0, 0.1) is 15.9 Å². The van der Waals surface area contributed by atoms with Crippen LogP contribution in [0.1, 0.15) is 17.3 Å². The molecule has 0 saturated carbocycles. The van der Waals surface area contributed by atoms with E-state index in [1.54, 1.807) is 0 Å². The summed E-state index contributed by atoms with van der Waals surface area (Å²) in [6, 6.07) is 2.05. The monoisotopic (exact) mass is 217 g/mol. The van der Waals surface area contributed by atoms with E-state index in [4.69, 9.17) is 11.6 Å². The molecule has 0 bridgehead atoms. The van der Waals surface area contributed by atoms with Crippen LogP contribution < -0.4 is 0 Å². The lowest BCUT2D eigenvalue weighted by Gasteiger charge is -2.00. The van der Waals surface area contributed by atoms with Crippen molar-refractivity contribution >= 4 is 23.1 Å². The molecule has 0 amide bonds. The minimum Gasteiger partial charge on any atom is -0.294 e. The second kappa shape index (κ2) is 3.71. The average molecular weight is 218 g/mol. The molecule has 0 spiro atoms. The number of ketones is 1. The highest BCUT2D eigenvalue weighted by molar-refractivity contribution is 6.33. The molecule has 1 aromatic carbocycles. The summed E-state index contributed by atoms with van der Waals surface area (Å²) in [6.45, 7) is 1.15. The van der Waals surface area contributed by atoms with Crippen molar-refractivity contribution in [3.05, 3.63) is 38.7 Å². The van der Waals surface area contributed by atoms with Crippen LogP contribution in [0.4, 0.5) is 10.1 Å². The van der Waals surface area contributed by atoms with E-state index in [1.807, 2.05) is 0 Å². The maximum atomic E-state index is 13.2. The van der Waals surface area contributed by atoms with Gasteiger partial charge in [0.25, 0.3) is 5.69 Å². The Morgan fingerprint density at radius 2 is 2.14 bits per heavy atom. The summed E-state index contributed by atoms with van der Waals surface area (Å²) in [4.78, 5) is 20.3. The van der Waals surface area contributed by atoms with Crippen molar-refractivity contribution in [1.82, 2.24) is 0 Å². The Bertz CT molecular complexity index is 380. The van der Waals surface area contributed by atoms with E-state index in [2.05, 4.69) is 0 Å². The Hall–Kier alpha value is -1.49. The minimum atomic E-state index is -1.05. The number of nitro benzene ring substituents is 1. The standard InChI is InChI=1S/C8H5ClFNO3/c1-4(12)5-2-3-6(11(13)14)7(9)8(5)10/h2-3H,1H3. The highest BCUT2D eigenvalue weighted by Crippen LogP contribution is 2.29. The fourth-order valence-electron chi connectivity index (χ4n) is 0.952. The van der Waals surface area contributed by atoms with Gasteiger partial charge in [0, 0.05) is 6.07 Å². The summed E-state index contributed by atoms with van der Waals surface area (Å²) in [5.41, 5.74) is -0.797. The van der Waals surface area contributed by atoms with E-state index in [0.29, 0.717) is 0 Å². The van der Waals surface area contributed by atoms with Crippen molar-refractivity contribution in [3.8, 4) is 0 Å². The van der Waals surface area contributed by atoms with Crippen molar-refractivity contribution in [3.63, 3.8) is 0 Å².